The molecule has 20 heavy (non-hydrogen) atoms. The van der Waals surface area contributed by atoms with Gasteiger partial charge in [0, 0.05) is 24.1 Å². The van der Waals surface area contributed by atoms with Gasteiger partial charge in [0.05, 0.1) is 18.9 Å². The molecule has 1 aliphatic rings. The van der Waals surface area contributed by atoms with Crippen LogP contribution in [-0.2, 0) is 24.3 Å². The molecule has 0 saturated heterocycles. The molecule has 1 N–H and O–H groups in total. The van der Waals surface area contributed by atoms with Crippen molar-refractivity contribution < 1.29 is 14.6 Å². The fraction of sp³-hybridized carbons (Fsp3) is 0.333. The Morgan fingerprint density at radius 1 is 1.40 bits per heavy atom. The largest absolute Gasteiger partial charge is 0.508 e. The van der Waals surface area contributed by atoms with Gasteiger partial charge >= 0.3 is 0 Å². The summed E-state index contributed by atoms with van der Waals surface area (Å²) in [4.78, 5) is 12.7. The highest BCUT2D eigenvalue weighted by Gasteiger charge is 2.25. The second kappa shape index (κ2) is 5.09. The van der Waals surface area contributed by atoms with Crippen LogP contribution in [0.3, 0.4) is 0 Å². The highest BCUT2D eigenvalue weighted by molar-refractivity contribution is 6.09. The Hall–Kier alpha value is -2.14. The third-order valence-electron chi connectivity index (χ3n) is 3.51. The van der Waals surface area contributed by atoms with Crippen LogP contribution in [0, 0.1) is 0 Å². The molecule has 0 saturated carbocycles. The molecule has 104 valence electrons. The van der Waals surface area contributed by atoms with Gasteiger partial charge in [-0.1, -0.05) is 0 Å². The van der Waals surface area contributed by atoms with Crippen molar-refractivity contribution >= 4 is 5.78 Å². The first-order chi connectivity index (χ1) is 9.70. The average Bonchev–Trinajstić information content (AvgIpc) is 2.85. The van der Waals surface area contributed by atoms with Gasteiger partial charge in [-0.05, 0) is 31.2 Å². The number of hydrogen-bond acceptors (Lipinski definition) is 4. The normalized spacial score (nSPS) is 14.1. The molecule has 0 bridgehead atoms. The van der Waals surface area contributed by atoms with Crippen molar-refractivity contribution in [1.82, 2.24) is 9.78 Å². The minimum atomic E-state index is -0.0777. The van der Waals surface area contributed by atoms with E-state index in [0.29, 0.717) is 31.0 Å². The lowest BCUT2D eigenvalue weighted by molar-refractivity contribution is 0.0991. The number of carbonyl (C=O) groups is 1. The maximum Gasteiger partial charge on any atom is 0.211 e. The number of aromatic hydroxyl groups is 1. The third kappa shape index (κ3) is 2.10. The zero-order chi connectivity index (χ0) is 14.1. The fourth-order valence-corrected chi connectivity index (χ4v) is 2.48. The molecule has 2 aromatic rings. The second-order valence-electron chi connectivity index (χ2n) is 4.77. The van der Waals surface area contributed by atoms with Crippen molar-refractivity contribution in [2.75, 3.05) is 6.61 Å². The molecule has 5 heteroatoms. The zero-order valence-electron chi connectivity index (χ0n) is 11.3. The Kier molecular flexibility index (Phi) is 3.28. The Morgan fingerprint density at radius 2 is 2.15 bits per heavy atom. The first kappa shape index (κ1) is 12.9. The summed E-state index contributed by atoms with van der Waals surface area (Å²) < 4.78 is 7.20. The average molecular weight is 272 g/mol. The van der Waals surface area contributed by atoms with E-state index in [4.69, 9.17) is 4.74 Å². The smallest absolute Gasteiger partial charge is 0.211 e. The summed E-state index contributed by atoms with van der Waals surface area (Å²) in [6, 6.07) is 6.28. The van der Waals surface area contributed by atoms with E-state index >= 15 is 0 Å². The fourth-order valence-electron chi connectivity index (χ4n) is 2.48. The van der Waals surface area contributed by atoms with Gasteiger partial charge in [-0.15, -0.1) is 0 Å². The molecule has 0 unspecified atom stereocenters. The standard InChI is InChI=1S/C15H16N2O3/c1-2-17-14(12-9-20-8-7-13(12)16-17)15(19)10-3-5-11(18)6-4-10/h3-6,18H,2,7-9H2,1H3. The van der Waals surface area contributed by atoms with Crippen LogP contribution in [0.25, 0.3) is 0 Å². The molecular weight excluding hydrogens is 256 g/mol. The Bertz CT molecular complexity index is 644. The van der Waals surface area contributed by atoms with E-state index in [1.165, 1.54) is 12.1 Å². The summed E-state index contributed by atoms with van der Waals surface area (Å²) in [5.74, 6) is 0.0713. The Morgan fingerprint density at radius 3 is 2.85 bits per heavy atom. The minimum Gasteiger partial charge on any atom is -0.508 e. The van der Waals surface area contributed by atoms with Crippen molar-refractivity contribution in [1.29, 1.82) is 0 Å². The summed E-state index contributed by atoms with van der Waals surface area (Å²) in [5, 5.41) is 13.8. The first-order valence-electron chi connectivity index (χ1n) is 6.70. The predicted octanol–water partition coefficient (Wildman–Crippen LogP) is 1.91. The number of hydrogen-bond donors (Lipinski definition) is 1. The lowest BCUT2D eigenvalue weighted by atomic mass is 10.0. The lowest BCUT2D eigenvalue weighted by Crippen LogP contribution is -2.14. The topological polar surface area (TPSA) is 64.4 Å². The van der Waals surface area contributed by atoms with Crippen LogP contribution in [0.1, 0.15) is 34.2 Å². The highest BCUT2D eigenvalue weighted by atomic mass is 16.5. The first-order valence-corrected chi connectivity index (χ1v) is 6.70. The molecule has 0 atom stereocenters. The number of rotatable bonds is 3. The molecule has 3 rings (SSSR count). The molecule has 2 heterocycles. The van der Waals surface area contributed by atoms with E-state index in [9.17, 15) is 9.90 Å². The predicted molar refractivity (Wildman–Crippen MR) is 72.8 cm³/mol. The molecule has 1 aliphatic heterocycles. The number of carbonyl (C=O) groups excluding carboxylic acids is 1. The van der Waals surface area contributed by atoms with E-state index in [1.54, 1.807) is 16.8 Å². The van der Waals surface area contributed by atoms with E-state index in [-0.39, 0.29) is 11.5 Å². The van der Waals surface area contributed by atoms with Crippen LogP contribution in [0.4, 0.5) is 0 Å². The molecular formula is C15H16N2O3. The number of phenols is 1. The number of aromatic nitrogens is 2. The van der Waals surface area contributed by atoms with Crippen molar-refractivity contribution in [3.8, 4) is 5.75 Å². The van der Waals surface area contributed by atoms with Crippen LogP contribution < -0.4 is 0 Å². The summed E-state index contributed by atoms with van der Waals surface area (Å²) in [7, 11) is 0. The summed E-state index contributed by atoms with van der Waals surface area (Å²) >= 11 is 0. The van der Waals surface area contributed by atoms with Crippen molar-refractivity contribution in [2.24, 2.45) is 0 Å². The van der Waals surface area contributed by atoms with Gasteiger partial charge in [-0.25, -0.2) is 0 Å². The van der Waals surface area contributed by atoms with E-state index in [2.05, 4.69) is 5.10 Å². The summed E-state index contributed by atoms with van der Waals surface area (Å²) in [6.45, 7) is 3.70. The SMILES string of the molecule is CCn1nc2c(c1C(=O)c1ccc(O)cc1)COCC2. The Balaban J connectivity index is 2.06. The third-order valence-corrected chi connectivity index (χ3v) is 3.51. The van der Waals surface area contributed by atoms with Crippen molar-refractivity contribution in [2.45, 2.75) is 26.5 Å². The molecule has 0 radical (unpaired) electrons. The van der Waals surface area contributed by atoms with Crippen LogP contribution >= 0.6 is 0 Å². The van der Waals surface area contributed by atoms with Crippen LogP contribution in [0.15, 0.2) is 24.3 Å². The minimum absolute atomic E-state index is 0.0777. The summed E-state index contributed by atoms with van der Waals surface area (Å²) in [6.07, 6.45) is 0.748. The molecule has 0 spiro atoms. The van der Waals surface area contributed by atoms with Gasteiger partial charge in [0.15, 0.2) is 0 Å². The second-order valence-corrected chi connectivity index (χ2v) is 4.77. The van der Waals surface area contributed by atoms with E-state index in [0.717, 1.165) is 17.7 Å². The maximum absolute atomic E-state index is 12.7. The number of nitrogens with zero attached hydrogens (tertiary/aromatic N) is 2. The lowest BCUT2D eigenvalue weighted by Gasteiger charge is -2.12. The summed E-state index contributed by atoms with van der Waals surface area (Å²) in [5.41, 5.74) is 3.01. The monoisotopic (exact) mass is 272 g/mol. The molecule has 5 nitrogen and oxygen atoms in total. The molecule has 0 fully saturated rings. The number of ketones is 1. The van der Waals surface area contributed by atoms with Gasteiger partial charge in [0.2, 0.25) is 5.78 Å². The van der Waals surface area contributed by atoms with E-state index in [1.807, 2.05) is 6.92 Å². The van der Waals surface area contributed by atoms with Gasteiger partial charge in [-0.2, -0.15) is 5.10 Å². The van der Waals surface area contributed by atoms with Gasteiger partial charge in [0.1, 0.15) is 11.4 Å². The Labute approximate surface area is 116 Å². The molecule has 0 amide bonds. The van der Waals surface area contributed by atoms with Crippen molar-refractivity contribution in [3.63, 3.8) is 0 Å². The number of ether oxygens (including phenoxy) is 1. The van der Waals surface area contributed by atoms with Crippen LogP contribution in [0.2, 0.25) is 0 Å². The van der Waals surface area contributed by atoms with Crippen LogP contribution in [-0.4, -0.2) is 27.3 Å². The number of fused-ring (bicyclic) bond motifs is 1. The molecule has 1 aromatic heterocycles. The highest BCUT2D eigenvalue weighted by Crippen LogP contribution is 2.24. The zero-order valence-corrected chi connectivity index (χ0v) is 11.3. The van der Waals surface area contributed by atoms with Gasteiger partial charge < -0.3 is 9.84 Å². The quantitative estimate of drug-likeness (QED) is 0.867. The van der Waals surface area contributed by atoms with Crippen LogP contribution in [0.5, 0.6) is 5.75 Å². The van der Waals surface area contributed by atoms with E-state index < -0.39 is 0 Å². The number of phenolic OH excluding ortho intramolecular Hbond substituents is 1. The van der Waals surface area contributed by atoms with Gasteiger partial charge in [-0.3, -0.25) is 9.48 Å². The maximum atomic E-state index is 12.7. The molecule has 1 aromatic carbocycles. The number of aryl methyl sites for hydroxylation is 1. The number of benzene rings is 1. The molecule has 0 aliphatic carbocycles. The van der Waals surface area contributed by atoms with Gasteiger partial charge in [0.25, 0.3) is 0 Å². The van der Waals surface area contributed by atoms with Crippen molar-refractivity contribution in [3.05, 3.63) is 46.8 Å².